The molecule has 0 bridgehead atoms. The number of nitro groups is 1. The second kappa shape index (κ2) is 10.6. The number of nitro benzene ring substituents is 1. The number of carbonyl (C=O) groups is 1. The van der Waals surface area contributed by atoms with Crippen LogP contribution in [0.5, 0.6) is 0 Å². The summed E-state index contributed by atoms with van der Waals surface area (Å²) >= 11 is 6.75. The normalized spacial score (nSPS) is 11.4. The summed E-state index contributed by atoms with van der Waals surface area (Å²) in [6, 6.07) is 12.2. The number of nitrogens with two attached hydrogens (primary N) is 1. The molecule has 0 aliphatic rings. The summed E-state index contributed by atoms with van der Waals surface area (Å²) in [5.41, 5.74) is 8.19. The van der Waals surface area contributed by atoms with Crippen LogP contribution in [-0.2, 0) is 11.2 Å². The Balaban J connectivity index is 2.06. The zero-order valence-electron chi connectivity index (χ0n) is 16.0. The molecule has 0 saturated carbocycles. The number of hydrogen-bond donors (Lipinski definition) is 3. The molecule has 2 rings (SSSR count). The molecular weight excluding hydrogens is 412 g/mol. The van der Waals surface area contributed by atoms with Gasteiger partial charge in [0.15, 0.2) is 5.11 Å². The molecule has 0 saturated heterocycles. The van der Waals surface area contributed by atoms with E-state index in [9.17, 15) is 14.9 Å². The second-order valence-corrected chi connectivity index (χ2v) is 7.88. The number of anilines is 2. The zero-order chi connectivity index (χ0) is 21.4. The number of nitrogen functional groups attached to an aromatic ring is 1. The van der Waals surface area contributed by atoms with Crippen LogP contribution in [0.1, 0.15) is 18.9 Å². The molecule has 29 heavy (non-hydrogen) atoms. The van der Waals surface area contributed by atoms with E-state index in [1.165, 1.54) is 19.2 Å². The van der Waals surface area contributed by atoms with Gasteiger partial charge in [-0.25, -0.2) is 4.79 Å². The molecular formula is C19H22N4O4S2. The molecule has 10 heteroatoms. The van der Waals surface area contributed by atoms with Crippen molar-refractivity contribution in [1.29, 1.82) is 0 Å². The lowest BCUT2D eigenvalue weighted by atomic mass is 10.1. The van der Waals surface area contributed by atoms with Crippen LogP contribution in [0.25, 0.3) is 0 Å². The first-order valence-electron chi connectivity index (χ1n) is 8.77. The minimum absolute atomic E-state index is 0.0836. The first-order chi connectivity index (χ1) is 13.8. The zero-order valence-corrected chi connectivity index (χ0v) is 17.6. The predicted molar refractivity (Wildman–Crippen MR) is 119 cm³/mol. The van der Waals surface area contributed by atoms with Crippen molar-refractivity contribution in [3.8, 4) is 0 Å². The number of nitrogens with one attached hydrogen (secondary N) is 2. The Kier molecular flexibility index (Phi) is 8.22. The number of ether oxygens (including phenoxy) is 1. The van der Waals surface area contributed by atoms with Crippen molar-refractivity contribution in [2.75, 3.05) is 18.2 Å². The first kappa shape index (κ1) is 22.4. The molecule has 0 spiro atoms. The Morgan fingerprint density at radius 2 is 2.00 bits per heavy atom. The maximum Gasteiger partial charge on any atom is 0.413 e. The molecule has 1 unspecified atom stereocenters. The van der Waals surface area contributed by atoms with E-state index in [0.29, 0.717) is 11.4 Å². The quantitative estimate of drug-likeness (QED) is 0.193. The van der Waals surface area contributed by atoms with Gasteiger partial charge in [-0.3, -0.25) is 15.4 Å². The van der Waals surface area contributed by atoms with Crippen molar-refractivity contribution in [2.45, 2.75) is 29.9 Å². The van der Waals surface area contributed by atoms with E-state index in [1.807, 2.05) is 12.1 Å². The number of alkyl carbamates (subject to hydrolysis) is 1. The number of rotatable bonds is 7. The third kappa shape index (κ3) is 6.91. The van der Waals surface area contributed by atoms with Gasteiger partial charge in [-0.15, -0.1) is 11.8 Å². The summed E-state index contributed by atoms with van der Waals surface area (Å²) in [7, 11) is 1.25. The van der Waals surface area contributed by atoms with E-state index in [1.54, 1.807) is 30.0 Å². The van der Waals surface area contributed by atoms with E-state index in [4.69, 9.17) is 18.0 Å². The van der Waals surface area contributed by atoms with Crippen LogP contribution < -0.4 is 16.4 Å². The topological polar surface area (TPSA) is 120 Å². The smallest absolute Gasteiger partial charge is 0.413 e. The summed E-state index contributed by atoms with van der Waals surface area (Å²) in [4.78, 5) is 22.6. The Hall–Kier alpha value is -2.85. The number of carbonyl (C=O) groups excluding carboxylic acids is 1. The van der Waals surface area contributed by atoms with Crippen LogP contribution in [0.2, 0.25) is 0 Å². The highest BCUT2D eigenvalue weighted by atomic mass is 32.2. The van der Waals surface area contributed by atoms with Crippen LogP contribution in [-0.4, -0.2) is 28.5 Å². The fourth-order valence-electron chi connectivity index (χ4n) is 2.49. The number of hydrogen-bond acceptors (Lipinski definition) is 7. The summed E-state index contributed by atoms with van der Waals surface area (Å²) in [6.07, 6.45) is 1.02. The number of benzene rings is 2. The van der Waals surface area contributed by atoms with Crippen LogP contribution in [0.4, 0.5) is 21.9 Å². The van der Waals surface area contributed by atoms with Gasteiger partial charge in [0.2, 0.25) is 0 Å². The van der Waals surface area contributed by atoms with Gasteiger partial charge in [-0.05, 0) is 48.8 Å². The standard InChI is InChI=1S/C19H22N4O4S2/c1-3-14(10-12-4-6-13(7-5-12)23(25)26)29-15-8-9-16(20)17(11-15)21-18(28)22-19(24)27-2/h4-9,11,14H,3,10,20H2,1-2H3,(H2,21,22,24,28). The summed E-state index contributed by atoms with van der Waals surface area (Å²) < 4.78 is 4.51. The third-order valence-corrected chi connectivity index (χ3v) is 5.61. The van der Waals surface area contributed by atoms with E-state index < -0.39 is 11.0 Å². The lowest BCUT2D eigenvalue weighted by molar-refractivity contribution is -0.384. The molecule has 8 nitrogen and oxygen atoms in total. The summed E-state index contributed by atoms with van der Waals surface area (Å²) in [5.74, 6) is 0. The highest BCUT2D eigenvalue weighted by Crippen LogP contribution is 2.32. The molecule has 0 aliphatic carbocycles. The van der Waals surface area contributed by atoms with E-state index in [-0.39, 0.29) is 16.0 Å². The lowest BCUT2D eigenvalue weighted by Gasteiger charge is -2.17. The Morgan fingerprint density at radius 3 is 2.59 bits per heavy atom. The predicted octanol–water partition coefficient (Wildman–Crippen LogP) is 4.34. The largest absolute Gasteiger partial charge is 0.453 e. The lowest BCUT2D eigenvalue weighted by Crippen LogP contribution is -2.34. The molecule has 1 atom stereocenters. The monoisotopic (exact) mass is 434 g/mol. The molecule has 0 aromatic heterocycles. The molecule has 0 radical (unpaired) electrons. The van der Waals surface area contributed by atoms with Gasteiger partial charge >= 0.3 is 6.09 Å². The average molecular weight is 435 g/mol. The number of thioether (sulfide) groups is 1. The number of thiocarbonyl (C=S) groups is 1. The van der Waals surface area contributed by atoms with Crippen molar-refractivity contribution in [2.24, 2.45) is 0 Å². The SMILES string of the molecule is CCC(Cc1ccc([N+](=O)[O-])cc1)Sc1ccc(N)c(NC(=S)NC(=O)OC)c1. The molecule has 0 aliphatic heterocycles. The van der Waals surface area contributed by atoms with E-state index in [0.717, 1.165) is 23.3 Å². The van der Waals surface area contributed by atoms with Crippen LogP contribution >= 0.6 is 24.0 Å². The Labute approximate surface area is 178 Å². The van der Waals surface area contributed by atoms with Crippen LogP contribution in [0.15, 0.2) is 47.4 Å². The molecule has 2 aromatic rings. The van der Waals surface area contributed by atoms with Gasteiger partial charge in [-0.2, -0.15) is 0 Å². The summed E-state index contributed by atoms with van der Waals surface area (Å²) in [6.45, 7) is 2.09. The maximum atomic E-state index is 11.2. The number of nitrogens with zero attached hydrogens (tertiary/aromatic N) is 1. The van der Waals surface area contributed by atoms with Crippen molar-refractivity contribution >= 4 is 52.2 Å². The fraction of sp³-hybridized carbons (Fsp3) is 0.263. The van der Waals surface area contributed by atoms with Crippen molar-refractivity contribution < 1.29 is 14.5 Å². The minimum atomic E-state index is -0.666. The van der Waals surface area contributed by atoms with Gasteiger partial charge in [0.05, 0.1) is 23.4 Å². The van der Waals surface area contributed by atoms with Gasteiger partial charge in [-0.1, -0.05) is 19.1 Å². The van der Waals surface area contributed by atoms with Gasteiger partial charge in [0.1, 0.15) is 0 Å². The van der Waals surface area contributed by atoms with Crippen LogP contribution in [0, 0.1) is 10.1 Å². The molecule has 1 amide bonds. The molecule has 154 valence electrons. The molecule has 0 heterocycles. The number of non-ortho nitro benzene ring substituents is 1. The first-order valence-corrected chi connectivity index (χ1v) is 10.1. The highest BCUT2D eigenvalue weighted by molar-refractivity contribution is 8.00. The van der Waals surface area contributed by atoms with E-state index in [2.05, 4.69) is 22.3 Å². The van der Waals surface area contributed by atoms with Crippen molar-refractivity contribution in [3.05, 3.63) is 58.1 Å². The van der Waals surface area contributed by atoms with Gasteiger partial charge in [0, 0.05) is 22.3 Å². The minimum Gasteiger partial charge on any atom is -0.453 e. The number of methoxy groups -OCH3 is 1. The van der Waals surface area contributed by atoms with Crippen molar-refractivity contribution in [1.82, 2.24) is 5.32 Å². The van der Waals surface area contributed by atoms with Gasteiger partial charge in [0.25, 0.3) is 5.69 Å². The Bertz CT molecular complexity index is 890. The highest BCUT2D eigenvalue weighted by Gasteiger charge is 2.13. The summed E-state index contributed by atoms with van der Waals surface area (Å²) in [5, 5.41) is 16.4. The van der Waals surface area contributed by atoms with Gasteiger partial charge < -0.3 is 15.8 Å². The molecule has 2 aromatic carbocycles. The van der Waals surface area contributed by atoms with E-state index >= 15 is 0 Å². The maximum absolute atomic E-state index is 11.2. The second-order valence-electron chi connectivity index (χ2n) is 6.10. The Morgan fingerprint density at radius 1 is 1.31 bits per heavy atom. The fourth-order valence-corrected chi connectivity index (χ4v) is 3.85. The number of amides is 1. The van der Waals surface area contributed by atoms with Crippen LogP contribution in [0.3, 0.4) is 0 Å². The average Bonchev–Trinajstić information content (AvgIpc) is 2.70. The molecule has 4 N–H and O–H groups in total. The molecule has 0 fully saturated rings. The third-order valence-electron chi connectivity index (χ3n) is 4.04. The van der Waals surface area contributed by atoms with Crippen molar-refractivity contribution in [3.63, 3.8) is 0 Å².